The molecule has 2 N–H and O–H groups in total. The lowest BCUT2D eigenvalue weighted by atomic mass is 10.0. The van der Waals surface area contributed by atoms with Gasteiger partial charge >= 0.3 is 0 Å². The maximum absolute atomic E-state index is 8.07. The quantitative estimate of drug-likeness (QED) is 0.540. The normalized spacial score (nSPS) is 89.6. The molecule has 2 heteroatoms. The highest BCUT2D eigenvalue weighted by Crippen LogP contribution is 2.05. The molecule has 0 aliphatic carbocycles. The van der Waals surface area contributed by atoms with E-state index in [9.17, 15) is 0 Å². The van der Waals surface area contributed by atoms with Gasteiger partial charge in [0.15, 0.2) is 0 Å². The van der Waals surface area contributed by atoms with Gasteiger partial charge in [-0.2, -0.15) is 0 Å². The summed E-state index contributed by atoms with van der Waals surface area (Å²) in [5.41, 5.74) is 0. The summed E-state index contributed by atoms with van der Waals surface area (Å²) in [6.07, 6.45) is 0. The summed E-state index contributed by atoms with van der Waals surface area (Å²) in [7, 11) is 0. The Morgan fingerprint density at radius 1 is 1.00 bits per heavy atom. The fourth-order valence-corrected chi connectivity index (χ4v) is 0.623. The largest absolute Gasteiger partial charge is 0.309 e. The first-order chi connectivity index (χ1) is 10.2. The van der Waals surface area contributed by atoms with Gasteiger partial charge in [-0.15, -0.1) is 0 Å². The Labute approximate surface area is 83.1 Å². The van der Waals surface area contributed by atoms with Gasteiger partial charge in [-0.1, -0.05) is 0 Å². The summed E-state index contributed by atoms with van der Waals surface area (Å²) >= 11 is 0. The van der Waals surface area contributed by atoms with Gasteiger partial charge in [-0.05, 0) is 27.4 Å². The van der Waals surface area contributed by atoms with Crippen LogP contribution in [-0.4, -0.2) is 24.1 Å². The van der Waals surface area contributed by atoms with E-state index < -0.39 is 51.5 Å². The van der Waals surface area contributed by atoms with E-state index in [2.05, 4.69) is 0 Å². The first kappa shape index (κ1) is 1.38. The standard InChI is InChI=1S/C8H18N2/c1-5-6(2)10-8(4)7(3)9-5/h5-10H,1-4H3/i1D3,2D3,3D3,4D3,5D,7D. The summed E-state index contributed by atoms with van der Waals surface area (Å²) in [4.78, 5) is 0. The highest BCUT2D eigenvalue weighted by Gasteiger charge is 2.25. The molecule has 1 rings (SSSR count). The third-order valence-corrected chi connectivity index (χ3v) is 1.18. The second kappa shape index (κ2) is 2.89. The highest BCUT2D eigenvalue weighted by molar-refractivity contribution is 4.89. The Morgan fingerprint density at radius 2 is 1.60 bits per heavy atom. The number of nitrogens with one attached hydrogen (secondary N) is 2. The summed E-state index contributed by atoms with van der Waals surface area (Å²) in [5, 5.41) is 3.67. The lowest BCUT2D eigenvalue weighted by Crippen LogP contribution is -2.62. The van der Waals surface area contributed by atoms with E-state index in [1.807, 2.05) is 5.32 Å². The van der Waals surface area contributed by atoms with Crippen LogP contribution in [0.25, 0.3) is 0 Å². The number of hydrogen-bond acceptors (Lipinski definition) is 2. The molecular formula is C8H18N2. The van der Waals surface area contributed by atoms with E-state index in [1.54, 1.807) is 5.32 Å². The van der Waals surface area contributed by atoms with Crippen molar-refractivity contribution < 1.29 is 19.2 Å². The second-order valence-electron chi connectivity index (χ2n) is 1.99. The SMILES string of the molecule is [2H]C([2H])([2H])C1NC(C([2H])([2H])[2H])C([2H])(C([2H])([2H])[2H])NC1([2H])C([2H])([2H])[2H]. The fraction of sp³-hybridized carbons (Fsp3) is 1.00. The molecular weight excluding hydrogens is 124 g/mol. The van der Waals surface area contributed by atoms with Gasteiger partial charge in [0.05, 0.1) is 0 Å². The van der Waals surface area contributed by atoms with E-state index >= 15 is 0 Å². The molecule has 0 radical (unpaired) electrons. The molecule has 1 aliphatic heterocycles. The third-order valence-electron chi connectivity index (χ3n) is 1.18. The molecule has 2 nitrogen and oxygen atoms in total. The Balaban J connectivity index is 3.62. The third kappa shape index (κ3) is 1.50. The first-order valence-corrected chi connectivity index (χ1v) is 2.73. The lowest BCUT2D eigenvalue weighted by Gasteiger charge is -2.38. The summed E-state index contributed by atoms with van der Waals surface area (Å²) in [6, 6.07) is -10.7. The topological polar surface area (TPSA) is 24.1 Å². The van der Waals surface area contributed by atoms with Crippen LogP contribution in [0, 0.1) is 0 Å². The van der Waals surface area contributed by atoms with Crippen LogP contribution in [0.1, 0.15) is 46.6 Å². The van der Waals surface area contributed by atoms with Gasteiger partial charge in [0.2, 0.25) is 0 Å². The molecule has 10 heavy (non-hydrogen) atoms. The minimum absolute atomic E-state index is 1.73. The second-order valence-corrected chi connectivity index (χ2v) is 1.99. The van der Waals surface area contributed by atoms with Crippen molar-refractivity contribution in [1.29, 1.82) is 0 Å². The maximum Gasteiger partial charge on any atom is 0.0478 e. The van der Waals surface area contributed by atoms with Gasteiger partial charge < -0.3 is 10.6 Å². The van der Waals surface area contributed by atoms with Gasteiger partial charge in [0, 0.05) is 43.3 Å². The molecule has 1 heterocycles. The maximum atomic E-state index is 8.07. The van der Waals surface area contributed by atoms with Crippen molar-refractivity contribution in [2.75, 3.05) is 0 Å². The fourth-order valence-electron chi connectivity index (χ4n) is 0.623. The Bertz CT molecular complexity index is 431. The van der Waals surface area contributed by atoms with Crippen LogP contribution in [0.4, 0.5) is 0 Å². The zero-order chi connectivity index (χ0) is 19.6. The Hall–Kier alpha value is -0.0800. The average Bonchev–Trinajstić information content (AvgIpc) is 2.21. The zero-order valence-corrected chi connectivity index (χ0v) is 5.15. The summed E-state index contributed by atoms with van der Waals surface area (Å²) in [5.74, 6) is 0. The summed E-state index contributed by atoms with van der Waals surface area (Å²) in [6.45, 7) is -13.0. The average molecular weight is 156 g/mol. The first-order valence-electron chi connectivity index (χ1n) is 9.73. The van der Waals surface area contributed by atoms with Crippen LogP contribution in [0.2, 0.25) is 0 Å². The van der Waals surface area contributed by atoms with Gasteiger partial charge in [0.1, 0.15) is 0 Å². The van der Waals surface area contributed by atoms with Crippen molar-refractivity contribution in [1.82, 2.24) is 10.6 Å². The predicted molar refractivity (Wildman–Crippen MR) is 44.1 cm³/mol. The molecule has 4 atom stereocenters. The van der Waals surface area contributed by atoms with Crippen molar-refractivity contribution in [3.63, 3.8) is 0 Å². The van der Waals surface area contributed by atoms with Crippen molar-refractivity contribution in [3.8, 4) is 0 Å². The zero-order valence-electron chi connectivity index (χ0n) is 19.2. The number of piperazine rings is 1. The number of hydrogen-bond donors (Lipinski definition) is 2. The molecule has 0 aromatic carbocycles. The molecule has 4 unspecified atom stereocenters. The smallest absolute Gasteiger partial charge is 0.0478 e. The van der Waals surface area contributed by atoms with Gasteiger partial charge in [0.25, 0.3) is 0 Å². The van der Waals surface area contributed by atoms with Crippen LogP contribution in [-0.2, 0) is 0 Å². The minimum Gasteiger partial charge on any atom is -0.309 e. The predicted octanol–water partition coefficient (Wildman–Crippen LogP) is 0.733. The molecule has 0 spiro atoms. The van der Waals surface area contributed by atoms with Gasteiger partial charge in [-0.3, -0.25) is 0 Å². The van der Waals surface area contributed by atoms with Crippen molar-refractivity contribution in [2.24, 2.45) is 0 Å². The molecule has 1 aliphatic rings. The van der Waals surface area contributed by atoms with Crippen molar-refractivity contribution in [2.45, 2.75) is 51.5 Å². The van der Waals surface area contributed by atoms with E-state index in [0.717, 1.165) is 0 Å². The lowest BCUT2D eigenvalue weighted by molar-refractivity contribution is 0.250. The molecule has 1 fully saturated rings. The van der Waals surface area contributed by atoms with Crippen LogP contribution in [0.3, 0.4) is 0 Å². The molecule has 0 saturated carbocycles. The van der Waals surface area contributed by atoms with E-state index in [0.29, 0.717) is 0 Å². The molecule has 60 valence electrons. The van der Waals surface area contributed by atoms with Crippen molar-refractivity contribution in [3.05, 3.63) is 0 Å². The van der Waals surface area contributed by atoms with Crippen LogP contribution in [0.5, 0.6) is 0 Å². The molecule has 0 aromatic rings. The Kier molecular flexibility index (Phi) is 0.398. The van der Waals surface area contributed by atoms with E-state index in [-0.39, 0.29) is 0 Å². The molecule has 1 saturated heterocycles. The van der Waals surface area contributed by atoms with E-state index in [4.69, 9.17) is 19.2 Å². The monoisotopic (exact) mass is 156 g/mol. The minimum atomic E-state index is -3.35. The van der Waals surface area contributed by atoms with Gasteiger partial charge in [-0.25, -0.2) is 0 Å². The van der Waals surface area contributed by atoms with Crippen LogP contribution < -0.4 is 10.6 Å². The molecule has 0 amide bonds. The van der Waals surface area contributed by atoms with Crippen molar-refractivity contribution >= 4 is 0 Å². The summed E-state index contributed by atoms with van der Waals surface area (Å²) < 4.78 is 105. The number of rotatable bonds is 0. The van der Waals surface area contributed by atoms with E-state index in [1.165, 1.54) is 0 Å². The molecule has 0 aromatic heterocycles. The highest BCUT2D eigenvalue weighted by atomic mass is 15.1. The van der Waals surface area contributed by atoms with Crippen LogP contribution >= 0.6 is 0 Å². The Morgan fingerprint density at radius 3 is 2.00 bits per heavy atom. The molecule has 0 bridgehead atoms. The van der Waals surface area contributed by atoms with Crippen LogP contribution in [0.15, 0.2) is 0 Å².